The predicted molar refractivity (Wildman–Crippen MR) is 261 cm³/mol. The molecule has 2 aliphatic rings. The Bertz CT molecular complexity index is 3520. The molecule has 0 radical (unpaired) electrons. The van der Waals surface area contributed by atoms with Crippen molar-refractivity contribution in [2.24, 2.45) is 0 Å². The predicted octanol–water partition coefficient (Wildman–Crippen LogP) is 16.3. The number of benzene rings is 11. The lowest BCUT2D eigenvalue weighted by Crippen LogP contribution is -2.25. The summed E-state index contributed by atoms with van der Waals surface area (Å²) in [5.74, 6) is 0. The quantitative estimate of drug-likeness (QED) is 0.157. The highest BCUT2D eigenvalue weighted by Crippen LogP contribution is 2.63. The van der Waals surface area contributed by atoms with Crippen LogP contribution in [-0.4, -0.2) is 0 Å². The number of rotatable bonds is 5. The summed E-state index contributed by atoms with van der Waals surface area (Å²) in [4.78, 5) is 2.50. The van der Waals surface area contributed by atoms with Crippen LogP contribution in [0.25, 0.3) is 76.8 Å². The molecule has 62 heavy (non-hydrogen) atoms. The van der Waals surface area contributed by atoms with Crippen molar-refractivity contribution in [2.45, 2.75) is 5.41 Å². The molecule has 11 aromatic rings. The van der Waals surface area contributed by atoms with Crippen LogP contribution in [0.4, 0.5) is 17.1 Å². The molecular formula is C61H39N. The lowest BCUT2D eigenvalue weighted by Gasteiger charge is -2.32. The minimum atomic E-state index is -0.405. The minimum Gasteiger partial charge on any atom is -0.310 e. The molecule has 11 aromatic carbocycles. The van der Waals surface area contributed by atoms with Gasteiger partial charge in [-0.05, 0) is 124 Å². The van der Waals surface area contributed by atoms with Gasteiger partial charge in [-0.3, -0.25) is 0 Å². The first-order chi connectivity index (χ1) is 30.8. The second-order valence-electron chi connectivity index (χ2n) is 16.7. The molecule has 0 aromatic heterocycles. The van der Waals surface area contributed by atoms with E-state index in [-0.39, 0.29) is 0 Å². The van der Waals surface area contributed by atoms with E-state index in [1.54, 1.807) is 0 Å². The summed E-state index contributed by atoms with van der Waals surface area (Å²) < 4.78 is 0. The number of anilines is 3. The van der Waals surface area contributed by atoms with Crippen LogP contribution in [0.1, 0.15) is 22.3 Å². The van der Waals surface area contributed by atoms with Crippen molar-refractivity contribution in [3.05, 3.63) is 259 Å². The molecule has 1 spiro atoms. The lowest BCUT2D eigenvalue weighted by atomic mass is 9.70. The molecule has 0 aliphatic heterocycles. The summed E-state index contributed by atoms with van der Waals surface area (Å²) in [7, 11) is 0. The molecule has 1 heteroatoms. The molecule has 0 atom stereocenters. The molecule has 2 aliphatic carbocycles. The van der Waals surface area contributed by atoms with Crippen molar-refractivity contribution in [2.75, 3.05) is 4.90 Å². The van der Waals surface area contributed by atoms with Crippen molar-refractivity contribution in [3.63, 3.8) is 0 Å². The van der Waals surface area contributed by atoms with Crippen molar-refractivity contribution >= 4 is 49.4 Å². The molecule has 0 saturated carbocycles. The fraction of sp³-hybridized carbons (Fsp3) is 0.0164. The van der Waals surface area contributed by atoms with Gasteiger partial charge in [-0.15, -0.1) is 0 Å². The smallest absolute Gasteiger partial charge is 0.0725 e. The molecular weight excluding hydrogens is 747 g/mol. The van der Waals surface area contributed by atoms with E-state index >= 15 is 0 Å². The first-order valence-electron chi connectivity index (χ1n) is 21.6. The molecule has 0 saturated heterocycles. The van der Waals surface area contributed by atoms with Gasteiger partial charge in [-0.25, -0.2) is 0 Å². The van der Waals surface area contributed by atoms with Gasteiger partial charge in [0.1, 0.15) is 0 Å². The molecule has 0 heterocycles. The van der Waals surface area contributed by atoms with Gasteiger partial charge in [0.15, 0.2) is 0 Å². The maximum atomic E-state index is 2.50. The van der Waals surface area contributed by atoms with Gasteiger partial charge in [-0.1, -0.05) is 206 Å². The van der Waals surface area contributed by atoms with Crippen LogP contribution >= 0.6 is 0 Å². The third-order valence-electron chi connectivity index (χ3n) is 13.7. The molecule has 13 rings (SSSR count). The zero-order valence-electron chi connectivity index (χ0n) is 34.0. The van der Waals surface area contributed by atoms with Gasteiger partial charge in [0, 0.05) is 16.9 Å². The Labute approximate surface area is 361 Å². The van der Waals surface area contributed by atoms with E-state index in [2.05, 4.69) is 241 Å². The van der Waals surface area contributed by atoms with E-state index in [0.29, 0.717) is 0 Å². The highest BCUT2D eigenvalue weighted by Gasteiger charge is 2.51. The normalized spacial score (nSPS) is 13.0. The van der Waals surface area contributed by atoms with Crippen LogP contribution in [0, 0.1) is 0 Å². The fourth-order valence-electron chi connectivity index (χ4n) is 11.2. The first-order valence-corrected chi connectivity index (χ1v) is 21.6. The van der Waals surface area contributed by atoms with Gasteiger partial charge in [0.2, 0.25) is 0 Å². The summed E-state index contributed by atoms with van der Waals surface area (Å²) in [6, 6.07) is 87.9. The number of fused-ring (bicyclic) bond motifs is 16. The average molecular weight is 786 g/mol. The van der Waals surface area contributed by atoms with E-state index in [9.17, 15) is 0 Å². The van der Waals surface area contributed by atoms with Gasteiger partial charge >= 0.3 is 0 Å². The van der Waals surface area contributed by atoms with E-state index in [0.717, 1.165) is 17.1 Å². The summed E-state index contributed by atoms with van der Waals surface area (Å²) in [6.45, 7) is 0. The second kappa shape index (κ2) is 13.5. The second-order valence-corrected chi connectivity index (χ2v) is 16.7. The van der Waals surface area contributed by atoms with E-state index in [1.807, 2.05) is 0 Å². The molecule has 0 N–H and O–H groups in total. The van der Waals surface area contributed by atoms with Crippen LogP contribution < -0.4 is 4.90 Å². The minimum absolute atomic E-state index is 0.405. The monoisotopic (exact) mass is 785 g/mol. The van der Waals surface area contributed by atoms with Crippen LogP contribution in [0.15, 0.2) is 237 Å². The maximum Gasteiger partial charge on any atom is 0.0725 e. The highest BCUT2D eigenvalue weighted by atomic mass is 15.1. The summed E-state index contributed by atoms with van der Waals surface area (Å²) in [6.07, 6.45) is 0. The molecule has 0 fully saturated rings. The number of para-hydroxylation sites is 1. The maximum absolute atomic E-state index is 2.50. The Morgan fingerprint density at radius 3 is 1.26 bits per heavy atom. The number of nitrogens with zero attached hydrogens (tertiary/aromatic N) is 1. The topological polar surface area (TPSA) is 3.24 Å². The van der Waals surface area contributed by atoms with Gasteiger partial charge in [0.05, 0.1) is 11.1 Å². The van der Waals surface area contributed by atoms with E-state index < -0.39 is 5.41 Å². The Balaban J connectivity index is 1.10. The molecule has 0 bridgehead atoms. The Hall–Kier alpha value is -8.00. The van der Waals surface area contributed by atoms with Crippen molar-refractivity contribution in [1.82, 2.24) is 0 Å². The number of hydrogen-bond acceptors (Lipinski definition) is 1. The third kappa shape index (κ3) is 4.85. The van der Waals surface area contributed by atoms with Crippen LogP contribution in [0.2, 0.25) is 0 Å². The zero-order chi connectivity index (χ0) is 40.8. The third-order valence-corrected chi connectivity index (χ3v) is 13.7. The first kappa shape index (κ1) is 34.8. The molecule has 288 valence electrons. The van der Waals surface area contributed by atoms with Gasteiger partial charge in [0.25, 0.3) is 0 Å². The van der Waals surface area contributed by atoms with E-state index in [4.69, 9.17) is 0 Å². The largest absolute Gasteiger partial charge is 0.310 e. The molecule has 1 nitrogen and oxygen atoms in total. The summed E-state index contributed by atoms with van der Waals surface area (Å²) in [5, 5.41) is 7.59. The summed E-state index contributed by atoms with van der Waals surface area (Å²) >= 11 is 0. The molecule has 0 amide bonds. The van der Waals surface area contributed by atoms with Crippen LogP contribution in [0.5, 0.6) is 0 Å². The lowest BCUT2D eigenvalue weighted by molar-refractivity contribution is 0.794. The van der Waals surface area contributed by atoms with E-state index in [1.165, 1.54) is 99.1 Å². The fourth-order valence-corrected chi connectivity index (χ4v) is 11.2. The van der Waals surface area contributed by atoms with Gasteiger partial charge in [-0.2, -0.15) is 0 Å². The number of hydrogen-bond donors (Lipinski definition) is 0. The Kier molecular flexibility index (Phi) is 7.59. The zero-order valence-corrected chi connectivity index (χ0v) is 34.0. The summed E-state index contributed by atoms with van der Waals surface area (Å²) in [5.41, 5.74) is 18.3. The van der Waals surface area contributed by atoms with Crippen LogP contribution in [-0.2, 0) is 5.41 Å². The van der Waals surface area contributed by atoms with Crippen molar-refractivity contribution in [1.29, 1.82) is 0 Å². The Morgan fingerprint density at radius 2 is 0.645 bits per heavy atom. The standard InChI is InChI=1S/C61H39N/c1-2-18-40(19-3-1)43-20-4-5-21-44(43)53-29-13-17-33-60(53)62(41-34-36-49-47-24-7-6-22-45(47)46-23-8-9-25-48(46)54(49)38-41)42-35-37-59-55(39-42)52-28-12-16-32-58(52)61(59)56-30-14-10-26-50(56)51-27-11-15-31-57(51)61/h1-39H. The average Bonchev–Trinajstić information content (AvgIpc) is 3.82. The Morgan fingerprint density at radius 1 is 0.242 bits per heavy atom. The van der Waals surface area contributed by atoms with Crippen molar-refractivity contribution < 1.29 is 0 Å². The van der Waals surface area contributed by atoms with Gasteiger partial charge < -0.3 is 4.90 Å². The molecule has 0 unspecified atom stereocenters. The van der Waals surface area contributed by atoms with Crippen molar-refractivity contribution in [3.8, 4) is 44.5 Å². The SMILES string of the molecule is c1ccc(-c2ccccc2-c2ccccc2N(c2ccc3c(c2)-c2ccccc2C32c3ccccc3-c3ccccc32)c2ccc3c4ccccc4c4ccccc4c3c2)cc1. The highest BCUT2D eigenvalue weighted by molar-refractivity contribution is 6.26. The van der Waals surface area contributed by atoms with Crippen LogP contribution in [0.3, 0.4) is 0 Å².